The van der Waals surface area contributed by atoms with E-state index >= 15 is 0 Å². The van der Waals surface area contributed by atoms with Gasteiger partial charge in [0.1, 0.15) is 6.10 Å². The molecule has 4 N–H and O–H groups in total. The number of aliphatic hydroxyl groups is 1. The van der Waals surface area contributed by atoms with Crippen LogP contribution in [-0.4, -0.2) is 29.1 Å². The number of rotatable bonds is 8. The normalized spacial score (nSPS) is 17.7. The zero-order valence-corrected chi connectivity index (χ0v) is 14.8. The van der Waals surface area contributed by atoms with Crippen LogP contribution in [0.4, 0.5) is 0 Å². The van der Waals surface area contributed by atoms with Gasteiger partial charge in [-0.1, -0.05) is 62.4 Å². The van der Waals surface area contributed by atoms with Gasteiger partial charge in [0.25, 0.3) is 5.91 Å². The molecule has 1 aliphatic rings. The van der Waals surface area contributed by atoms with E-state index in [2.05, 4.69) is 5.32 Å². The summed E-state index contributed by atoms with van der Waals surface area (Å²) in [7, 11) is 0. The average Bonchev–Trinajstić information content (AvgIpc) is 2.62. The highest BCUT2D eigenvalue weighted by molar-refractivity contribution is 5.97. The first-order chi connectivity index (χ1) is 12.1. The molecule has 2 amide bonds. The van der Waals surface area contributed by atoms with Crippen molar-refractivity contribution in [3.8, 4) is 0 Å². The number of carbonyl (C=O) groups excluding carboxylic acids is 2. The van der Waals surface area contributed by atoms with E-state index in [1.807, 2.05) is 30.3 Å². The lowest BCUT2D eigenvalue weighted by molar-refractivity contribution is -0.136. The van der Waals surface area contributed by atoms with Crippen molar-refractivity contribution >= 4 is 11.8 Å². The van der Waals surface area contributed by atoms with E-state index in [1.54, 1.807) is 0 Å². The number of benzene rings is 1. The number of hydrogen-bond acceptors (Lipinski definition) is 4. The SMILES string of the molecule is N[C@H](CC1CCCCC1)C(O)C(=O)NC(=O)CCCc1ccccc1. The van der Waals surface area contributed by atoms with Crippen LogP contribution in [0, 0.1) is 5.92 Å². The van der Waals surface area contributed by atoms with Crippen LogP contribution in [0.2, 0.25) is 0 Å². The standard InChI is InChI=1S/C20H30N2O3/c21-17(14-16-10-5-2-6-11-16)19(24)20(25)22-18(23)13-7-12-15-8-3-1-4-9-15/h1,3-4,8-9,16-17,19,24H,2,5-7,10-14,21H2,(H,22,23,25)/t17-,19?/m1/s1. The molecule has 1 aromatic rings. The Morgan fingerprint density at radius 3 is 2.52 bits per heavy atom. The highest BCUT2D eigenvalue weighted by Gasteiger charge is 2.27. The van der Waals surface area contributed by atoms with Gasteiger partial charge in [-0.05, 0) is 30.7 Å². The lowest BCUT2D eigenvalue weighted by Crippen LogP contribution is -2.48. The van der Waals surface area contributed by atoms with Gasteiger partial charge in [0.05, 0.1) is 0 Å². The fourth-order valence-electron chi connectivity index (χ4n) is 3.50. The Labute approximate surface area is 150 Å². The fourth-order valence-corrected chi connectivity index (χ4v) is 3.50. The molecule has 1 unspecified atom stereocenters. The van der Waals surface area contributed by atoms with E-state index in [-0.39, 0.29) is 12.3 Å². The number of nitrogens with two attached hydrogens (primary N) is 1. The lowest BCUT2D eigenvalue weighted by Gasteiger charge is -2.26. The van der Waals surface area contributed by atoms with Gasteiger partial charge >= 0.3 is 0 Å². The zero-order valence-electron chi connectivity index (χ0n) is 14.8. The van der Waals surface area contributed by atoms with Gasteiger partial charge in [-0.2, -0.15) is 0 Å². The third kappa shape index (κ3) is 6.96. The molecular formula is C20H30N2O3. The third-order valence-corrected chi connectivity index (χ3v) is 4.98. The molecule has 0 heterocycles. The van der Waals surface area contributed by atoms with Crippen LogP contribution in [0.15, 0.2) is 30.3 Å². The maximum absolute atomic E-state index is 12.0. The maximum Gasteiger partial charge on any atom is 0.257 e. The van der Waals surface area contributed by atoms with Crippen LogP contribution in [0.25, 0.3) is 0 Å². The van der Waals surface area contributed by atoms with Crippen LogP contribution in [0.5, 0.6) is 0 Å². The first kappa shape index (κ1) is 19.6. The maximum atomic E-state index is 12.0. The largest absolute Gasteiger partial charge is 0.382 e. The monoisotopic (exact) mass is 346 g/mol. The van der Waals surface area contributed by atoms with E-state index in [9.17, 15) is 14.7 Å². The summed E-state index contributed by atoms with van der Waals surface area (Å²) in [4.78, 5) is 23.9. The average molecular weight is 346 g/mol. The van der Waals surface area contributed by atoms with E-state index < -0.39 is 18.1 Å². The molecule has 0 spiro atoms. The minimum atomic E-state index is -1.32. The Bertz CT molecular complexity index is 541. The van der Waals surface area contributed by atoms with Crippen molar-refractivity contribution in [3.63, 3.8) is 0 Å². The Balaban J connectivity index is 1.67. The Kier molecular flexibility index (Phi) is 8.09. The first-order valence-electron chi connectivity index (χ1n) is 9.37. The van der Waals surface area contributed by atoms with Crippen molar-refractivity contribution in [3.05, 3.63) is 35.9 Å². The molecule has 1 fully saturated rings. The molecule has 0 saturated heterocycles. The lowest BCUT2D eigenvalue weighted by atomic mass is 9.84. The third-order valence-electron chi connectivity index (χ3n) is 4.98. The van der Waals surface area contributed by atoms with E-state index in [0.717, 1.165) is 24.8 Å². The molecule has 1 saturated carbocycles. The molecule has 0 radical (unpaired) electrons. The van der Waals surface area contributed by atoms with Gasteiger partial charge in [0, 0.05) is 12.5 Å². The second kappa shape index (κ2) is 10.3. The molecular weight excluding hydrogens is 316 g/mol. The summed E-state index contributed by atoms with van der Waals surface area (Å²) in [6, 6.07) is 9.28. The molecule has 5 nitrogen and oxygen atoms in total. The van der Waals surface area contributed by atoms with Gasteiger partial charge in [0.2, 0.25) is 5.91 Å². The molecule has 1 aliphatic carbocycles. The molecule has 2 atom stereocenters. The fraction of sp³-hybridized carbons (Fsp3) is 0.600. The zero-order chi connectivity index (χ0) is 18.1. The van der Waals surface area contributed by atoms with Crippen molar-refractivity contribution in [2.24, 2.45) is 11.7 Å². The summed E-state index contributed by atoms with van der Waals surface area (Å²) in [5, 5.41) is 12.4. The Hall–Kier alpha value is -1.72. The van der Waals surface area contributed by atoms with Crippen LogP contribution in [-0.2, 0) is 16.0 Å². The van der Waals surface area contributed by atoms with Gasteiger partial charge in [0.15, 0.2) is 0 Å². The van der Waals surface area contributed by atoms with Crippen LogP contribution in [0.3, 0.4) is 0 Å². The highest BCUT2D eigenvalue weighted by atomic mass is 16.3. The Morgan fingerprint density at radius 1 is 1.16 bits per heavy atom. The highest BCUT2D eigenvalue weighted by Crippen LogP contribution is 2.27. The molecule has 2 rings (SSSR count). The number of aliphatic hydroxyl groups excluding tert-OH is 1. The van der Waals surface area contributed by atoms with Crippen LogP contribution < -0.4 is 11.1 Å². The van der Waals surface area contributed by atoms with Gasteiger partial charge in [-0.15, -0.1) is 0 Å². The summed E-state index contributed by atoms with van der Waals surface area (Å²) in [5.74, 6) is -0.550. The second-order valence-electron chi connectivity index (χ2n) is 7.10. The van der Waals surface area contributed by atoms with E-state index in [0.29, 0.717) is 18.8 Å². The quantitative estimate of drug-likeness (QED) is 0.673. The predicted octanol–water partition coefficient (Wildman–Crippen LogP) is 2.31. The van der Waals surface area contributed by atoms with Gasteiger partial charge in [-0.25, -0.2) is 0 Å². The molecule has 1 aromatic carbocycles. The van der Waals surface area contributed by atoms with E-state index in [4.69, 9.17) is 5.73 Å². The summed E-state index contributed by atoms with van der Waals surface area (Å²) in [5.41, 5.74) is 7.14. The molecule has 138 valence electrons. The number of aryl methyl sites for hydroxylation is 1. The van der Waals surface area contributed by atoms with Crippen LogP contribution >= 0.6 is 0 Å². The molecule has 25 heavy (non-hydrogen) atoms. The summed E-state index contributed by atoms with van der Waals surface area (Å²) < 4.78 is 0. The smallest absolute Gasteiger partial charge is 0.257 e. The van der Waals surface area contributed by atoms with Crippen LogP contribution in [0.1, 0.15) is 56.9 Å². The number of hydrogen-bond donors (Lipinski definition) is 3. The molecule has 0 aromatic heterocycles. The summed E-state index contributed by atoms with van der Waals surface area (Å²) in [6.45, 7) is 0. The number of imide groups is 1. The van der Waals surface area contributed by atoms with Crippen molar-refractivity contribution in [2.75, 3.05) is 0 Å². The van der Waals surface area contributed by atoms with Gasteiger partial charge < -0.3 is 10.8 Å². The summed E-state index contributed by atoms with van der Waals surface area (Å²) in [6.07, 6.45) is 6.88. The minimum absolute atomic E-state index is 0.255. The number of carbonyl (C=O) groups is 2. The van der Waals surface area contributed by atoms with Crippen molar-refractivity contribution in [1.29, 1.82) is 0 Å². The summed E-state index contributed by atoms with van der Waals surface area (Å²) >= 11 is 0. The second-order valence-corrected chi connectivity index (χ2v) is 7.10. The first-order valence-corrected chi connectivity index (χ1v) is 9.37. The Morgan fingerprint density at radius 2 is 1.84 bits per heavy atom. The predicted molar refractivity (Wildman–Crippen MR) is 97.7 cm³/mol. The van der Waals surface area contributed by atoms with Crippen molar-refractivity contribution in [2.45, 2.75) is 69.9 Å². The molecule has 0 aliphatic heterocycles. The minimum Gasteiger partial charge on any atom is -0.382 e. The van der Waals surface area contributed by atoms with Crippen molar-refractivity contribution in [1.82, 2.24) is 5.32 Å². The number of amides is 2. The van der Waals surface area contributed by atoms with Gasteiger partial charge in [-0.3, -0.25) is 14.9 Å². The topological polar surface area (TPSA) is 92.4 Å². The van der Waals surface area contributed by atoms with Crippen molar-refractivity contribution < 1.29 is 14.7 Å². The molecule has 0 bridgehead atoms. The van der Waals surface area contributed by atoms with E-state index in [1.165, 1.54) is 19.3 Å². The molecule has 5 heteroatoms. The number of nitrogens with one attached hydrogen (secondary N) is 1.